The van der Waals surface area contributed by atoms with Gasteiger partial charge in [0.2, 0.25) is 0 Å². The summed E-state index contributed by atoms with van der Waals surface area (Å²) < 4.78 is 13.7. The quantitative estimate of drug-likeness (QED) is 0.820. The van der Waals surface area contributed by atoms with Crippen LogP contribution in [-0.2, 0) is 0 Å². The Bertz CT molecular complexity index is 339. The van der Waals surface area contributed by atoms with Gasteiger partial charge in [-0.15, -0.1) is 0 Å². The lowest BCUT2D eigenvalue weighted by Gasteiger charge is -2.25. The lowest BCUT2D eigenvalue weighted by atomic mass is 10.0. The fourth-order valence-corrected chi connectivity index (χ4v) is 2.13. The third-order valence-electron chi connectivity index (χ3n) is 2.81. The number of hydrogen-bond acceptors (Lipinski definition) is 2. The molecule has 3 heteroatoms. The third kappa shape index (κ3) is 4.44. The molecule has 0 spiro atoms. The number of halogens is 1. The van der Waals surface area contributed by atoms with Crippen LogP contribution in [0.2, 0.25) is 0 Å². The van der Waals surface area contributed by atoms with Crippen molar-refractivity contribution >= 4 is 0 Å². The number of rotatable bonds is 6. The van der Waals surface area contributed by atoms with Crippen LogP contribution in [-0.4, -0.2) is 31.6 Å². The number of benzene rings is 1. The van der Waals surface area contributed by atoms with E-state index in [4.69, 9.17) is 0 Å². The van der Waals surface area contributed by atoms with Crippen molar-refractivity contribution in [3.8, 4) is 0 Å². The van der Waals surface area contributed by atoms with Gasteiger partial charge >= 0.3 is 0 Å². The minimum atomic E-state index is -0.121. The summed E-state index contributed by atoms with van der Waals surface area (Å²) in [6, 6.07) is 7.43. The van der Waals surface area contributed by atoms with Gasteiger partial charge in [0.1, 0.15) is 5.82 Å². The molecule has 0 fully saturated rings. The zero-order chi connectivity index (χ0) is 12.8. The Morgan fingerprint density at radius 1 is 1.29 bits per heavy atom. The van der Waals surface area contributed by atoms with Crippen LogP contribution < -0.4 is 5.32 Å². The highest BCUT2D eigenvalue weighted by Crippen LogP contribution is 2.20. The Labute approximate surface area is 104 Å². The van der Waals surface area contributed by atoms with Crippen molar-refractivity contribution < 1.29 is 4.39 Å². The van der Waals surface area contributed by atoms with E-state index in [0.717, 1.165) is 18.5 Å². The first-order valence-electron chi connectivity index (χ1n) is 6.19. The van der Waals surface area contributed by atoms with Crippen molar-refractivity contribution in [3.05, 3.63) is 35.6 Å². The molecule has 0 aromatic heterocycles. The molecule has 0 aliphatic rings. The van der Waals surface area contributed by atoms with Gasteiger partial charge in [-0.05, 0) is 33.5 Å². The van der Waals surface area contributed by atoms with Crippen LogP contribution in [0.25, 0.3) is 0 Å². The molecule has 2 atom stereocenters. The first-order chi connectivity index (χ1) is 8.04. The zero-order valence-corrected chi connectivity index (χ0v) is 11.2. The molecular weight excluding hydrogens is 215 g/mol. The summed E-state index contributed by atoms with van der Waals surface area (Å²) >= 11 is 0. The van der Waals surface area contributed by atoms with Gasteiger partial charge in [-0.3, -0.25) is 0 Å². The molecule has 96 valence electrons. The first kappa shape index (κ1) is 14.1. The standard InChI is InChI=1S/C14H23FN2/c1-5-14(16-11(2)10-17(3)4)12-8-6-7-9-13(12)15/h6-9,11,14,16H,5,10H2,1-4H3. The maximum absolute atomic E-state index is 13.7. The fraction of sp³-hybridized carbons (Fsp3) is 0.571. The predicted molar refractivity (Wildman–Crippen MR) is 70.6 cm³/mol. The molecule has 0 amide bonds. The summed E-state index contributed by atoms with van der Waals surface area (Å²) in [6.45, 7) is 5.15. The van der Waals surface area contributed by atoms with Crippen LogP contribution in [0.5, 0.6) is 0 Å². The summed E-state index contributed by atoms with van der Waals surface area (Å²) in [6.07, 6.45) is 0.888. The molecule has 0 aliphatic heterocycles. The second kappa shape index (κ2) is 6.72. The smallest absolute Gasteiger partial charge is 0.127 e. The van der Waals surface area contributed by atoms with Crippen molar-refractivity contribution in [2.75, 3.05) is 20.6 Å². The molecule has 0 saturated carbocycles. The minimum absolute atomic E-state index is 0.0890. The van der Waals surface area contributed by atoms with Crippen molar-refractivity contribution in [2.45, 2.75) is 32.4 Å². The molecule has 0 heterocycles. The van der Waals surface area contributed by atoms with Crippen LogP contribution in [0.4, 0.5) is 4.39 Å². The number of likely N-dealkylation sites (N-methyl/N-ethyl adjacent to an activating group) is 1. The molecule has 2 unspecified atom stereocenters. The largest absolute Gasteiger partial charge is 0.308 e. The van der Waals surface area contributed by atoms with Gasteiger partial charge in [-0.25, -0.2) is 4.39 Å². The van der Waals surface area contributed by atoms with Crippen LogP contribution in [0.1, 0.15) is 31.9 Å². The summed E-state index contributed by atoms with van der Waals surface area (Å²) in [4.78, 5) is 2.13. The first-order valence-corrected chi connectivity index (χ1v) is 6.19. The van der Waals surface area contributed by atoms with Gasteiger partial charge in [0, 0.05) is 24.2 Å². The minimum Gasteiger partial charge on any atom is -0.308 e. The van der Waals surface area contributed by atoms with Crippen molar-refractivity contribution in [1.29, 1.82) is 0 Å². The predicted octanol–water partition coefficient (Wildman–Crippen LogP) is 2.82. The Morgan fingerprint density at radius 2 is 1.94 bits per heavy atom. The van der Waals surface area contributed by atoms with Crippen molar-refractivity contribution in [2.24, 2.45) is 0 Å². The van der Waals surface area contributed by atoms with E-state index in [1.54, 1.807) is 6.07 Å². The highest BCUT2D eigenvalue weighted by Gasteiger charge is 2.15. The molecule has 0 bridgehead atoms. The molecule has 0 radical (unpaired) electrons. The number of nitrogens with zero attached hydrogens (tertiary/aromatic N) is 1. The van der Waals surface area contributed by atoms with E-state index in [1.165, 1.54) is 6.07 Å². The molecule has 1 N–H and O–H groups in total. The van der Waals surface area contributed by atoms with Gasteiger partial charge < -0.3 is 10.2 Å². The van der Waals surface area contributed by atoms with E-state index in [0.29, 0.717) is 6.04 Å². The lowest BCUT2D eigenvalue weighted by Crippen LogP contribution is -2.38. The van der Waals surface area contributed by atoms with Gasteiger partial charge in [-0.1, -0.05) is 25.1 Å². The van der Waals surface area contributed by atoms with Gasteiger partial charge in [0.15, 0.2) is 0 Å². The van der Waals surface area contributed by atoms with Crippen LogP contribution in [0, 0.1) is 5.82 Å². The molecule has 1 rings (SSSR count). The SMILES string of the molecule is CCC(NC(C)CN(C)C)c1ccccc1F. The second-order valence-corrected chi connectivity index (χ2v) is 4.81. The van der Waals surface area contributed by atoms with E-state index < -0.39 is 0 Å². The molecular formula is C14H23FN2. The third-order valence-corrected chi connectivity index (χ3v) is 2.81. The molecule has 17 heavy (non-hydrogen) atoms. The zero-order valence-electron chi connectivity index (χ0n) is 11.2. The van der Waals surface area contributed by atoms with E-state index in [9.17, 15) is 4.39 Å². The van der Waals surface area contributed by atoms with Crippen molar-refractivity contribution in [3.63, 3.8) is 0 Å². The summed E-state index contributed by atoms with van der Waals surface area (Å²) in [7, 11) is 4.09. The second-order valence-electron chi connectivity index (χ2n) is 4.81. The Morgan fingerprint density at radius 3 is 2.47 bits per heavy atom. The number of nitrogens with one attached hydrogen (secondary N) is 1. The van der Waals surface area contributed by atoms with E-state index >= 15 is 0 Å². The van der Waals surface area contributed by atoms with Gasteiger partial charge in [0.25, 0.3) is 0 Å². The van der Waals surface area contributed by atoms with E-state index in [2.05, 4.69) is 24.1 Å². The van der Waals surface area contributed by atoms with Gasteiger partial charge in [-0.2, -0.15) is 0 Å². The maximum Gasteiger partial charge on any atom is 0.127 e. The summed E-state index contributed by atoms with van der Waals surface area (Å²) in [5, 5.41) is 3.47. The van der Waals surface area contributed by atoms with E-state index in [1.807, 2.05) is 26.2 Å². The topological polar surface area (TPSA) is 15.3 Å². The van der Waals surface area contributed by atoms with Crippen LogP contribution >= 0.6 is 0 Å². The van der Waals surface area contributed by atoms with Crippen molar-refractivity contribution in [1.82, 2.24) is 10.2 Å². The fourth-order valence-electron chi connectivity index (χ4n) is 2.13. The maximum atomic E-state index is 13.7. The van der Waals surface area contributed by atoms with Crippen LogP contribution in [0.15, 0.2) is 24.3 Å². The van der Waals surface area contributed by atoms with Crippen LogP contribution in [0.3, 0.4) is 0 Å². The highest BCUT2D eigenvalue weighted by molar-refractivity contribution is 5.21. The Hall–Kier alpha value is -0.930. The monoisotopic (exact) mass is 238 g/mol. The average molecular weight is 238 g/mol. The molecule has 2 nitrogen and oxygen atoms in total. The Kier molecular flexibility index (Phi) is 5.59. The molecule has 1 aromatic carbocycles. The van der Waals surface area contributed by atoms with Gasteiger partial charge in [0.05, 0.1) is 0 Å². The summed E-state index contributed by atoms with van der Waals surface area (Å²) in [5.74, 6) is -0.121. The number of hydrogen-bond donors (Lipinski definition) is 1. The molecule has 1 aromatic rings. The highest BCUT2D eigenvalue weighted by atomic mass is 19.1. The normalized spacial score (nSPS) is 14.9. The lowest BCUT2D eigenvalue weighted by molar-refractivity contribution is 0.324. The van der Waals surface area contributed by atoms with E-state index in [-0.39, 0.29) is 11.9 Å². The molecule has 0 aliphatic carbocycles. The average Bonchev–Trinajstić information content (AvgIpc) is 2.26. The molecule has 0 saturated heterocycles. The summed E-state index contributed by atoms with van der Waals surface area (Å²) in [5.41, 5.74) is 0.764. The Balaban J connectivity index is 2.69.